The molecule has 0 saturated heterocycles. The van der Waals surface area contributed by atoms with Crippen LogP contribution >= 0.6 is 0 Å². The Hall–Kier alpha value is -4.69. The molecule has 19 nitrogen and oxygen atoms in total. The highest BCUT2D eigenvalue weighted by atomic mass is 16.4. The molecule has 6 unspecified atom stereocenters. The molecule has 0 spiro atoms. The highest BCUT2D eigenvalue weighted by molar-refractivity contribution is 5.77. The first-order chi connectivity index (χ1) is 22.9. The Kier molecular flexibility index (Phi) is 31.7. The number of carbonyl (C=O) groups is 7. The first-order valence-corrected chi connectivity index (χ1v) is 15.4. The Balaban J connectivity index is -0.000000266. The highest BCUT2D eigenvalue weighted by Gasteiger charge is 2.17. The summed E-state index contributed by atoms with van der Waals surface area (Å²) in [5.41, 5.74) is 31.6. The molecule has 288 valence electrons. The normalized spacial score (nSPS) is 13.5. The van der Waals surface area contributed by atoms with Crippen molar-refractivity contribution in [2.24, 2.45) is 46.2 Å². The van der Waals surface area contributed by atoms with Crippen LogP contribution in [0.15, 0.2) is 30.3 Å². The number of carbonyl (C=O) groups excluding carboxylic acids is 1. The van der Waals surface area contributed by atoms with Crippen LogP contribution in [0, 0.1) is 11.8 Å². The van der Waals surface area contributed by atoms with Crippen LogP contribution in [-0.4, -0.2) is 103 Å². The number of benzene rings is 1. The monoisotopic (exact) mass is 720 g/mol. The van der Waals surface area contributed by atoms with Crippen molar-refractivity contribution in [1.82, 2.24) is 0 Å². The lowest BCUT2D eigenvalue weighted by molar-refractivity contribution is -0.141. The molecule has 19 heteroatoms. The van der Waals surface area contributed by atoms with Gasteiger partial charge < -0.3 is 65.0 Å². The van der Waals surface area contributed by atoms with E-state index >= 15 is 0 Å². The lowest BCUT2D eigenvalue weighted by Gasteiger charge is -2.11. The number of aliphatic carboxylic acids is 6. The second-order valence-electron chi connectivity index (χ2n) is 11.3. The number of primary amides is 1. The Morgan fingerprint density at radius 2 is 1.00 bits per heavy atom. The van der Waals surface area contributed by atoms with Gasteiger partial charge in [0.2, 0.25) is 5.91 Å². The summed E-state index contributed by atoms with van der Waals surface area (Å²) >= 11 is 0. The van der Waals surface area contributed by atoms with Crippen LogP contribution in [0.2, 0.25) is 0 Å². The zero-order valence-corrected chi connectivity index (χ0v) is 28.9. The van der Waals surface area contributed by atoms with E-state index in [2.05, 4.69) is 0 Å². The predicted molar refractivity (Wildman–Crippen MR) is 182 cm³/mol. The van der Waals surface area contributed by atoms with Gasteiger partial charge in [-0.2, -0.15) is 0 Å². The van der Waals surface area contributed by atoms with Gasteiger partial charge in [-0.3, -0.25) is 33.6 Å². The Morgan fingerprint density at radius 3 is 1.26 bits per heavy atom. The molecule has 0 fully saturated rings. The molecular formula is C31H56N6O13. The highest BCUT2D eigenvalue weighted by Crippen LogP contribution is 2.04. The summed E-state index contributed by atoms with van der Waals surface area (Å²) in [5, 5.41) is 49.7. The molecule has 0 saturated carbocycles. The Labute approximate surface area is 291 Å². The van der Waals surface area contributed by atoms with E-state index in [9.17, 15) is 33.6 Å². The number of amides is 1. The van der Waals surface area contributed by atoms with Crippen molar-refractivity contribution in [3.63, 3.8) is 0 Å². The third kappa shape index (κ3) is 34.6. The molecule has 6 atom stereocenters. The summed E-state index contributed by atoms with van der Waals surface area (Å²) in [4.78, 5) is 70.7. The minimum atomic E-state index is -1.17. The van der Waals surface area contributed by atoms with Crippen molar-refractivity contribution in [1.29, 1.82) is 0 Å². The molecule has 1 aromatic rings. The van der Waals surface area contributed by atoms with E-state index in [1.54, 1.807) is 0 Å². The van der Waals surface area contributed by atoms with Crippen molar-refractivity contribution < 1.29 is 64.2 Å². The minimum absolute atomic E-state index is 0.0213. The zero-order valence-electron chi connectivity index (χ0n) is 28.9. The largest absolute Gasteiger partial charge is 0.481 e. The van der Waals surface area contributed by atoms with Crippen LogP contribution in [0.25, 0.3) is 0 Å². The third-order valence-electron chi connectivity index (χ3n) is 6.21. The average Bonchev–Trinajstić information content (AvgIpc) is 3.02. The summed E-state index contributed by atoms with van der Waals surface area (Å²) in [6, 6.07) is 5.12. The second-order valence-corrected chi connectivity index (χ2v) is 11.3. The molecular weight excluding hydrogens is 664 g/mol. The van der Waals surface area contributed by atoms with E-state index in [0.717, 1.165) is 12.0 Å². The van der Waals surface area contributed by atoms with Gasteiger partial charge >= 0.3 is 35.8 Å². The molecule has 1 aromatic carbocycles. The fourth-order valence-electron chi connectivity index (χ4n) is 2.89. The van der Waals surface area contributed by atoms with Crippen molar-refractivity contribution in [3.8, 4) is 0 Å². The van der Waals surface area contributed by atoms with E-state index in [1.807, 2.05) is 58.0 Å². The maximum absolute atomic E-state index is 10.4. The molecule has 0 aliphatic carbocycles. The van der Waals surface area contributed by atoms with Crippen LogP contribution in [0.3, 0.4) is 0 Å². The lowest BCUT2D eigenvalue weighted by Crippen LogP contribution is -2.36. The Morgan fingerprint density at radius 1 is 0.600 bits per heavy atom. The minimum Gasteiger partial charge on any atom is -0.481 e. The van der Waals surface area contributed by atoms with Crippen LogP contribution in [-0.2, 0) is 40.0 Å². The molecule has 0 aromatic heterocycles. The topological polar surface area (TPSA) is 397 Å². The zero-order chi connectivity index (χ0) is 40.1. The summed E-state index contributed by atoms with van der Waals surface area (Å²) in [6.07, 6.45) is 1.65. The van der Waals surface area contributed by atoms with E-state index < -0.39 is 71.9 Å². The summed E-state index contributed by atoms with van der Waals surface area (Å²) in [5.74, 6) is -6.19. The number of rotatable bonds is 17. The van der Waals surface area contributed by atoms with Gasteiger partial charge in [0.1, 0.15) is 30.2 Å². The van der Waals surface area contributed by atoms with Gasteiger partial charge in [-0.25, -0.2) is 0 Å². The first-order valence-electron chi connectivity index (χ1n) is 15.4. The molecule has 50 heavy (non-hydrogen) atoms. The summed E-state index contributed by atoms with van der Waals surface area (Å²) < 4.78 is 0. The van der Waals surface area contributed by atoms with Crippen LogP contribution in [0.1, 0.15) is 71.8 Å². The predicted octanol–water partition coefficient (Wildman–Crippen LogP) is -0.543. The number of hydrogen-bond donors (Lipinski definition) is 12. The standard InChI is InChI=1S/C9H11NO2.2C6H13NO2.C5H10N2O3.C5H9NO4/c10-8(9(11)12)6-7-4-2-1-3-5-7;1-4(2)3-5(7)6(8)9;1-3-4(2)5(7)6(8)9;2*6-3(5(9)10)1-2-4(7)8/h1-5,8H,6,10H2,(H,11,12);2*4-5H,3,7H2,1-2H3,(H,8,9);3H,1-2,6H2,(H2,7,8)(H,9,10);3H,1-2,6H2,(H,7,8)(H,9,10). The molecule has 0 bridgehead atoms. The van der Waals surface area contributed by atoms with Gasteiger partial charge in [0.15, 0.2) is 0 Å². The quantitative estimate of drug-likeness (QED) is 0.0960. The Bertz CT molecular complexity index is 1120. The number of carboxylic acid groups (broad SMARTS) is 6. The molecule has 18 N–H and O–H groups in total. The third-order valence-corrected chi connectivity index (χ3v) is 6.21. The molecule has 0 heterocycles. The smallest absolute Gasteiger partial charge is 0.320 e. The van der Waals surface area contributed by atoms with Gasteiger partial charge in [0.05, 0.1) is 0 Å². The number of nitrogens with two attached hydrogens (primary N) is 6. The fraction of sp³-hybridized carbons (Fsp3) is 0.581. The molecule has 1 rings (SSSR count). The van der Waals surface area contributed by atoms with Crippen LogP contribution in [0.4, 0.5) is 0 Å². The summed E-state index contributed by atoms with van der Waals surface area (Å²) in [6.45, 7) is 7.65. The average molecular weight is 721 g/mol. The summed E-state index contributed by atoms with van der Waals surface area (Å²) in [7, 11) is 0. The van der Waals surface area contributed by atoms with Crippen LogP contribution < -0.4 is 34.4 Å². The van der Waals surface area contributed by atoms with Crippen molar-refractivity contribution in [3.05, 3.63) is 35.9 Å². The van der Waals surface area contributed by atoms with Crippen molar-refractivity contribution in [2.75, 3.05) is 0 Å². The van der Waals surface area contributed by atoms with E-state index in [-0.39, 0.29) is 31.6 Å². The van der Waals surface area contributed by atoms with Crippen molar-refractivity contribution >= 4 is 41.7 Å². The van der Waals surface area contributed by atoms with Gasteiger partial charge in [-0.1, -0.05) is 64.4 Å². The van der Waals surface area contributed by atoms with E-state index in [0.29, 0.717) is 18.8 Å². The van der Waals surface area contributed by atoms with E-state index in [4.69, 9.17) is 65.0 Å². The van der Waals surface area contributed by atoms with Gasteiger partial charge in [-0.05, 0) is 43.1 Å². The maximum atomic E-state index is 10.4. The maximum Gasteiger partial charge on any atom is 0.320 e. The fourth-order valence-corrected chi connectivity index (χ4v) is 2.89. The molecule has 0 aliphatic heterocycles. The molecule has 0 radical (unpaired) electrons. The van der Waals surface area contributed by atoms with Crippen LogP contribution in [0.5, 0.6) is 0 Å². The number of hydrogen-bond acceptors (Lipinski definition) is 12. The lowest BCUT2D eigenvalue weighted by atomic mass is 10.0. The van der Waals surface area contributed by atoms with Crippen molar-refractivity contribution in [2.45, 2.75) is 103 Å². The first kappa shape index (κ1) is 52.1. The number of carboxylic acids is 6. The molecule has 0 aliphatic rings. The second kappa shape index (κ2) is 30.4. The van der Waals surface area contributed by atoms with E-state index in [1.165, 1.54) is 0 Å². The van der Waals surface area contributed by atoms with Gasteiger partial charge in [0.25, 0.3) is 0 Å². The van der Waals surface area contributed by atoms with Gasteiger partial charge in [0, 0.05) is 12.8 Å². The van der Waals surface area contributed by atoms with Gasteiger partial charge in [-0.15, -0.1) is 0 Å². The SMILES string of the molecule is CC(C)CC(N)C(=O)O.CCC(C)C(N)C(=O)O.NC(=O)CCC(N)C(=O)O.NC(CCC(=O)O)C(=O)O.NC(Cc1ccccc1)C(=O)O. The molecule has 1 amide bonds.